The molecule has 2 rings (SSSR count). The number of rotatable bonds is 3. The fourth-order valence-corrected chi connectivity index (χ4v) is 2.30. The van der Waals surface area contributed by atoms with Crippen molar-refractivity contribution in [1.29, 1.82) is 0 Å². The number of nitrogens with one attached hydrogen (secondary N) is 1. The molecule has 0 unspecified atom stereocenters. The van der Waals surface area contributed by atoms with E-state index in [0.29, 0.717) is 0 Å². The van der Waals surface area contributed by atoms with Gasteiger partial charge in [-0.25, -0.2) is 0 Å². The molecule has 0 aromatic carbocycles. The zero-order chi connectivity index (χ0) is 10.9. The van der Waals surface area contributed by atoms with E-state index in [0.717, 1.165) is 31.0 Å². The van der Waals surface area contributed by atoms with Crippen LogP contribution in [-0.4, -0.2) is 27.4 Å². The van der Waals surface area contributed by atoms with Gasteiger partial charge >= 0.3 is 0 Å². The molecule has 1 aliphatic rings. The molecule has 0 radical (unpaired) electrons. The van der Waals surface area contributed by atoms with Crippen LogP contribution in [0, 0.1) is 0 Å². The molecule has 5 nitrogen and oxygen atoms in total. The van der Waals surface area contributed by atoms with Crippen LogP contribution in [0.5, 0.6) is 0 Å². The van der Waals surface area contributed by atoms with Crippen LogP contribution in [0.15, 0.2) is 0 Å². The maximum absolute atomic E-state index is 6.31. The Bertz CT molecular complexity index is 338. The second-order valence-corrected chi connectivity index (χ2v) is 4.50. The Morgan fingerprint density at radius 1 is 1.40 bits per heavy atom. The average Bonchev–Trinajstić information content (AvgIpc) is 2.76. The summed E-state index contributed by atoms with van der Waals surface area (Å²) in [5, 5.41) is 11.2. The van der Waals surface area contributed by atoms with Gasteiger partial charge in [0.1, 0.15) is 5.82 Å². The summed E-state index contributed by atoms with van der Waals surface area (Å²) in [6, 6.07) is 0. The third-order valence-corrected chi connectivity index (χ3v) is 3.30. The summed E-state index contributed by atoms with van der Waals surface area (Å²) in [7, 11) is 3.82. The normalized spacial score (nSPS) is 19.4. The highest BCUT2D eigenvalue weighted by molar-refractivity contribution is 5.24. The topological polar surface area (TPSA) is 68.8 Å². The predicted molar refractivity (Wildman–Crippen MR) is 59.6 cm³/mol. The SMILES string of the molecule is CNc1nnc(CC2(N)CCCC2)n1C. The first-order chi connectivity index (χ1) is 7.14. The van der Waals surface area contributed by atoms with Gasteiger partial charge in [0.05, 0.1) is 0 Å². The van der Waals surface area contributed by atoms with Gasteiger partial charge in [-0.05, 0) is 12.8 Å². The van der Waals surface area contributed by atoms with Crippen LogP contribution < -0.4 is 11.1 Å². The third-order valence-electron chi connectivity index (χ3n) is 3.30. The first-order valence-electron chi connectivity index (χ1n) is 5.49. The molecule has 0 spiro atoms. The lowest BCUT2D eigenvalue weighted by Gasteiger charge is -2.22. The molecule has 0 atom stereocenters. The van der Waals surface area contributed by atoms with Crippen LogP contribution in [0.4, 0.5) is 5.95 Å². The first kappa shape index (κ1) is 10.4. The van der Waals surface area contributed by atoms with Crippen molar-refractivity contribution in [2.75, 3.05) is 12.4 Å². The van der Waals surface area contributed by atoms with Crippen molar-refractivity contribution in [3.63, 3.8) is 0 Å². The Morgan fingerprint density at radius 3 is 2.60 bits per heavy atom. The summed E-state index contributed by atoms with van der Waals surface area (Å²) in [4.78, 5) is 0. The van der Waals surface area contributed by atoms with Gasteiger partial charge in [0.15, 0.2) is 0 Å². The summed E-state index contributed by atoms with van der Waals surface area (Å²) >= 11 is 0. The maximum atomic E-state index is 6.31. The van der Waals surface area contributed by atoms with E-state index in [1.54, 1.807) is 0 Å². The zero-order valence-electron chi connectivity index (χ0n) is 9.45. The minimum absolute atomic E-state index is 0.0498. The summed E-state index contributed by atoms with van der Waals surface area (Å²) in [6.07, 6.45) is 5.53. The highest BCUT2D eigenvalue weighted by Crippen LogP contribution is 2.30. The fourth-order valence-electron chi connectivity index (χ4n) is 2.30. The summed E-state index contributed by atoms with van der Waals surface area (Å²) in [5.74, 6) is 1.77. The second-order valence-electron chi connectivity index (χ2n) is 4.50. The molecule has 84 valence electrons. The second kappa shape index (κ2) is 3.81. The van der Waals surface area contributed by atoms with Gasteiger partial charge in [-0.3, -0.25) is 0 Å². The Balaban J connectivity index is 2.13. The van der Waals surface area contributed by atoms with Crippen molar-refractivity contribution in [3.8, 4) is 0 Å². The Hall–Kier alpha value is -1.10. The molecule has 1 aliphatic carbocycles. The molecular formula is C10H19N5. The molecule has 0 aliphatic heterocycles. The highest BCUT2D eigenvalue weighted by Gasteiger charge is 2.31. The van der Waals surface area contributed by atoms with E-state index in [1.165, 1.54) is 12.8 Å². The van der Waals surface area contributed by atoms with E-state index in [9.17, 15) is 0 Å². The van der Waals surface area contributed by atoms with Crippen molar-refractivity contribution in [2.45, 2.75) is 37.6 Å². The van der Waals surface area contributed by atoms with Gasteiger partial charge < -0.3 is 15.6 Å². The fraction of sp³-hybridized carbons (Fsp3) is 0.800. The third kappa shape index (κ3) is 1.97. The number of hydrogen-bond donors (Lipinski definition) is 2. The van der Waals surface area contributed by atoms with E-state index >= 15 is 0 Å². The molecule has 5 heteroatoms. The van der Waals surface area contributed by atoms with Crippen molar-refractivity contribution in [3.05, 3.63) is 5.82 Å². The summed E-state index contributed by atoms with van der Waals surface area (Å²) in [5.41, 5.74) is 6.26. The maximum Gasteiger partial charge on any atom is 0.224 e. The van der Waals surface area contributed by atoms with E-state index in [2.05, 4.69) is 15.5 Å². The molecule has 3 N–H and O–H groups in total. The lowest BCUT2D eigenvalue weighted by molar-refractivity contribution is 0.421. The van der Waals surface area contributed by atoms with Crippen molar-refractivity contribution < 1.29 is 0 Å². The molecule has 1 fully saturated rings. The van der Waals surface area contributed by atoms with Gasteiger partial charge in [-0.1, -0.05) is 12.8 Å². The van der Waals surface area contributed by atoms with Gasteiger partial charge in [0.2, 0.25) is 5.95 Å². The van der Waals surface area contributed by atoms with Crippen molar-refractivity contribution >= 4 is 5.95 Å². The first-order valence-corrected chi connectivity index (χ1v) is 5.49. The number of hydrogen-bond acceptors (Lipinski definition) is 4. The van der Waals surface area contributed by atoms with E-state index < -0.39 is 0 Å². The standard InChI is InChI=1S/C10H19N5/c1-12-9-14-13-8(15(9)2)7-10(11)5-3-4-6-10/h3-7,11H2,1-2H3,(H,12,14). The van der Waals surface area contributed by atoms with Crippen molar-refractivity contribution in [2.24, 2.45) is 12.8 Å². The van der Waals surface area contributed by atoms with Crippen LogP contribution in [0.2, 0.25) is 0 Å². The molecule has 0 amide bonds. The molecule has 1 saturated carbocycles. The quantitative estimate of drug-likeness (QED) is 0.767. The van der Waals surface area contributed by atoms with Gasteiger partial charge in [-0.2, -0.15) is 0 Å². The zero-order valence-corrected chi connectivity index (χ0v) is 9.45. The smallest absolute Gasteiger partial charge is 0.224 e. The molecule has 15 heavy (non-hydrogen) atoms. The minimum atomic E-state index is -0.0498. The Kier molecular flexibility index (Phi) is 2.65. The van der Waals surface area contributed by atoms with Gasteiger partial charge in [0.25, 0.3) is 0 Å². The van der Waals surface area contributed by atoms with Crippen LogP contribution >= 0.6 is 0 Å². The summed E-state index contributed by atoms with van der Waals surface area (Å²) in [6.45, 7) is 0. The molecule has 0 bridgehead atoms. The molecular weight excluding hydrogens is 190 g/mol. The van der Waals surface area contributed by atoms with E-state index in [-0.39, 0.29) is 5.54 Å². The van der Waals surface area contributed by atoms with E-state index in [4.69, 9.17) is 5.73 Å². The summed E-state index contributed by atoms with van der Waals surface area (Å²) < 4.78 is 1.98. The molecule has 1 heterocycles. The predicted octanol–water partition coefficient (Wildman–Crippen LogP) is 0.671. The van der Waals surface area contributed by atoms with Gasteiger partial charge in [0, 0.05) is 26.1 Å². The van der Waals surface area contributed by atoms with Crippen molar-refractivity contribution in [1.82, 2.24) is 14.8 Å². The number of aromatic nitrogens is 3. The lowest BCUT2D eigenvalue weighted by atomic mass is 9.94. The van der Waals surface area contributed by atoms with Crippen LogP contribution in [-0.2, 0) is 13.5 Å². The molecule has 0 saturated heterocycles. The average molecular weight is 209 g/mol. The Morgan fingerprint density at radius 2 is 2.07 bits per heavy atom. The van der Waals surface area contributed by atoms with Crippen LogP contribution in [0.25, 0.3) is 0 Å². The highest BCUT2D eigenvalue weighted by atomic mass is 15.3. The monoisotopic (exact) mass is 209 g/mol. The Labute approximate surface area is 90.1 Å². The minimum Gasteiger partial charge on any atom is -0.357 e. The lowest BCUT2D eigenvalue weighted by Crippen LogP contribution is -2.39. The number of anilines is 1. The number of nitrogens with two attached hydrogens (primary N) is 1. The van der Waals surface area contributed by atoms with Gasteiger partial charge in [-0.15, -0.1) is 10.2 Å². The molecule has 1 aromatic rings. The van der Waals surface area contributed by atoms with E-state index in [1.807, 2.05) is 18.7 Å². The van der Waals surface area contributed by atoms with Crippen LogP contribution in [0.1, 0.15) is 31.5 Å². The van der Waals surface area contributed by atoms with Crippen LogP contribution in [0.3, 0.4) is 0 Å². The largest absolute Gasteiger partial charge is 0.357 e. The number of nitrogens with zero attached hydrogens (tertiary/aromatic N) is 3. The molecule has 1 aromatic heterocycles.